The molecule has 1 fully saturated rings. The van der Waals surface area contributed by atoms with Gasteiger partial charge in [-0.15, -0.1) is 0 Å². The predicted molar refractivity (Wildman–Crippen MR) is 47.1 cm³/mol. The van der Waals surface area contributed by atoms with Crippen molar-refractivity contribution in [3.8, 4) is 0 Å². The fraction of sp³-hybridized carbons (Fsp3) is 0.900. The van der Waals surface area contributed by atoms with E-state index in [1.54, 1.807) is 6.92 Å². The summed E-state index contributed by atoms with van der Waals surface area (Å²) in [6.45, 7) is 0.849. The summed E-state index contributed by atoms with van der Waals surface area (Å²) in [4.78, 5) is 11.4. The molecular formula is C10H15F3O. The molecule has 1 rings (SSSR count). The summed E-state index contributed by atoms with van der Waals surface area (Å²) in [6, 6.07) is 0. The Morgan fingerprint density at radius 3 is 2.07 bits per heavy atom. The minimum absolute atomic E-state index is 0.0107. The highest BCUT2D eigenvalue weighted by Crippen LogP contribution is 2.44. The molecule has 0 aromatic heterocycles. The zero-order valence-corrected chi connectivity index (χ0v) is 8.28. The van der Waals surface area contributed by atoms with Gasteiger partial charge in [-0.05, 0) is 12.8 Å². The SMILES string of the molecule is CCC(=O)C1(CF)CCC(F)(F)CC1. The van der Waals surface area contributed by atoms with E-state index in [1.807, 2.05) is 0 Å². The highest BCUT2D eigenvalue weighted by Gasteiger charge is 2.46. The van der Waals surface area contributed by atoms with Gasteiger partial charge in [-0.25, -0.2) is 8.78 Å². The van der Waals surface area contributed by atoms with E-state index in [1.165, 1.54) is 0 Å². The molecule has 1 nitrogen and oxygen atoms in total. The summed E-state index contributed by atoms with van der Waals surface area (Å²) in [6.07, 6.45) is -0.507. The third-order valence-electron chi connectivity index (χ3n) is 3.11. The number of hydrogen-bond donors (Lipinski definition) is 0. The van der Waals surface area contributed by atoms with Crippen LogP contribution in [0.15, 0.2) is 0 Å². The summed E-state index contributed by atoms with van der Waals surface area (Å²) >= 11 is 0. The Balaban J connectivity index is 2.71. The second-order valence-corrected chi connectivity index (χ2v) is 4.05. The zero-order chi connectivity index (χ0) is 10.8. The number of hydrogen-bond acceptors (Lipinski definition) is 1. The molecular weight excluding hydrogens is 193 g/mol. The number of Topliss-reactive ketones (excluding diaryl/α,β-unsaturated/α-hetero) is 1. The Labute approximate surface area is 81.7 Å². The summed E-state index contributed by atoms with van der Waals surface area (Å²) in [5.41, 5.74) is -1.10. The standard InChI is InChI=1S/C10H15F3O/c1-2-8(14)9(7-11)3-5-10(12,13)6-4-9/h2-7H2,1H3. The summed E-state index contributed by atoms with van der Waals surface area (Å²) in [7, 11) is 0. The molecule has 0 amide bonds. The van der Waals surface area contributed by atoms with Gasteiger partial charge in [0.1, 0.15) is 12.5 Å². The van der Waals surface area contributed by atoms with E-state index in [2.05, 4.69) is 0 Å². The number of rotatable bonds is 3. The van der Waals surface area contributed by atoms with Crippen molar-refractivity contribution in [3.63, 3.8) is 0 Å². The predicted octanol–water partition coefficient (Wildman–Crippen LogP) is 3.13. The monoisotopic (exact) mass is 208 g/mol. The lowest BCUT2D eigenvalue weighted by Gasteiger charge is -2.36. The molecule has 0 unspecified atom stereocenters. The molecule has 0 bridgehead atoms. The van der Waals surface area contributed by atoms with Gasteiger partial charge in [-0.1, -0.05) is 6.92 Å². The molecule has 82 valence electrons. The van der Waals surface area contributed by atoms with Crippen molar-refractivity contribution in [2.24, 2.45) is 5.41 Å². The molecule has 1 aliphatic carbocycles. The molecule has 0 saturated heterocycles. The maximum atomic E-state index is 12.8. The highest BCUT2D eigenvalue weighted by molar-refractivity contribution is 5.84. The molecule has 0 aliphatic heterocycles. The van der Waals surface area contributed by atoms with Gasteiger partial charge in [0.15, 0.2) is 0 Å². The fourth-order valence-corrected chi connectivity index (χ4v) is 1.96. The van der Waals surface area contributed by atoms with Crippen molar-refractivity contribution >= 4 is 5.78 Å². The van der Waals surface area contributed by atoms with E-state index in [-0.39, 0.29) is 37.9 Å². The van der Waals surface area contributed by atoms with Crippen LogP contribution in [0.4, 0.5) is 13.2 Å². The fourth-order valence-electron chi connectivity index (χ4n) is 1.96. The average Bonchev–Trinajstić information content (AvgIpc) is 2.18. The molecule has 1 aliphatic rings. The van der Waals surface area contributed by atoms with Gasteiger partial charge in [-0.2, -0.15) is 0 Å². The number of carbonyl (C=O) groups is 1. The number of halogens is 3. The molecule has 0 aromatic rings. The van der Waals surface area contributed by atoms with Crippen LogP contribution in [-0.4, -0.2) is 18.4 Å². The second-order valence-electron chi connectivity index (χ2n) is 4.05. The topological polar surface area (TPSA) is 17.1 Å². The van der Waals surface area contributed by atoms with Crippen LogP contribution < -0.4 is 0 Å². The normalized spacial score (nSPS) is 24.6. The van der Waals surface area contributed by atoms with Crippen LogP contribution in [0.1, 0.15) is 39.0 Å². The molecule has 0 atom stereocenters. The van der Waals surface area contributed by atoms with Crippen molar-refractivity contribution in [3.05, 3.63) is 0 Å². The van der Waals surface area contributed by atoms with Crippen LogP contribution in [-0.2, 0) is 4.79 Å². The van der Waals surface area contributed by atoms with Crippen molar-refractivity contribution in [1.29, 1.82) is 0 Å². The zero-order valence-electron chi connectivity index (χ0n) is 8.28. The van der Waals surface area contributed by atoms with Crippen LogP contribution in [0.2, 0.25) is 0 Å². The van der Waals surface area contributed by atoms with Crippen molar-refractivity contribution in [2.75, 3.05) is 6.67 Å². The Hall–Kier alpha value is -0.540. The lowest BCUT2D eigenvalue weighted by molar-refractivity contribution is -0.138. The third kappa shape index (κ3) is 2.10. The average molecular weight is 208 g/mol. The lowest BCUT2D eigenvalue weighted by atomic mass is 9.70. The molecule has 4 heteroatoms. The summed E-state index contributed by atoms with van der Waals surface area (Å²) in [5, 5.41) is 0. The van der Waals surface area contributed by atoms with Crippen molar-refractivity contribution in [2.45, 2.75) is 45.0 Å². The van der Waals surface area contributed by atoms with Crippen LogP contribution in [0.25, 0.3) is 0 Å². The van der Waals surface area contributed by atoms with E-state index in [0.29, 0.717) is 0 Å². The van der Waals surface area contributed by atoms with Gasteiger partial charge in [0, 0.05) is 19.3 Å². The molecule has 0 spiro atoms. The van der Waals surface area contributed by atoms with E-state index >= 15 is 0 Å². The van der Waals surface area contributed by atoms with E-state index in [0.717, 1.165) is 0 Å². The molecule has 14 heavy (non-hydrogen) atoms. The summed E-state index contributed by atoms with van der Waals surface area (Å²) in [5.74, 6) is -2.91. The first-order valence-electron chi connectivity index (χ1n) is 4.93. The van der Waals surface area contributed by atoms with Crippen LogP contribution in [0.3, 0.4) is 0 Å². The molecule has 0 N–H and O–H groups in total. The van der Waals surface area contributed by atoms with Gasteiger partial charge in [0.05, 0.1) is 5.41 Å². The first-order valence-corrected chi connectivity index (χ1v) is 4.93. The van der Waals surface area contributed by atoms with Crippen LogP contribution in [0, 0.1) is 5.41 Å². The first-order chi connectivity index (χ1) is 6.46. The molecule has 1 saturated carbocycles. The lowest BCUT2D eigenvalue weighted by Crippen LogP contribution is -2.40. The number of alkyl halides is 3. The van der Waals surface area contributed by atoms with Crippen molar-refractivity contribution in [1.82, 2.24) is 0 Å². The Bertz CT molecular complexity index is 215. The first kappa shape index (κ1) is 11.5. The van der Waals surface area contributed by atoms with Crippen LogP contribution >= 0.6 is 0 Å². The van der Waals surface area contributed by atoms with Crippen molar-refractivity contribution < 1.29 is 18.0 Å². The maximum Gasteiger partial charge on any atom is 0.248 e. The maximum absolute atomic E-state index is 12.8. The largest absolute Gasteiger partial charge is 0.299 e. The van der Waals surface area contributed by atoms with Gasteiger partial charge < -0.3 is 0 Å². The van der Waals surface area contributed by atoms with E-state index < -0.39 is 18.0 Å². The Morgan fingerprint density at radius 1 is 1.21 bits per heavy atom. The van der Waals surface area contributed by atoms with Gasteiger partial charge >= 0.3 is 0 Å². The Kier molecular flexibility index (Phi) is 3.22. The van der Waals surface area contributed by atoms with Gasteiger partial charge in [-0.3, -0.25) is 9.18 Å². The number of carbonyl (C=O) groups excluding carboxylic acids is 1. The van der Waals surface area contributed by atoms with Crippen LogP contribution in [0.5, 0.6) is 0 Å². The summed E-state index contributed by atoms with van der Waals surface area (Å²) < 4.78 is 38.4. The highest BCUT2D eigenvalue weighted by atomic mass is 19.3. The number of ketones is 1. The molecule has 0 aromatic carbocycles. The molecule has 0 heterocycles. The third-order valence-corrected chi connectivity index (χ3v) is 3.11. The minimum atomic E-state index is -2.70. The van der Waals surface area contributed by atoms with E-state index in [9.17, 15) is 18.0 Å². The molecule has 0 radical (unpaired) electrons. The minimum Gasteiger partial charge on any atom is -0.299 e. The Morgan fingerprint density at radius 2 is 1.71 bits per heavy atom. The smallest absolute Gasteiger partial charge is 0.248 e. The van der Waals surface area contributed by atoms with Gasteiger partial charge in [0.2, 0.25) is 5.92 Å². The second kappa shape index (κ2) is 3.91. The van der Waals surface area contributed by atoms with Gasteiger partial charge in [0.25, 0.3) is 0 Å². The quantitative estimate of drug-likeness (QED) is 0.696. The van der Waals surface area contributed by atoms with E-state index in [4.69, 9.17) is 0 Å².